The van der Waals surface area contributed by atoms with Gasteiger partial charge in [0.15, 0.2) is 0 Å². The molecule has 0 atom stereocenters. The SMILES string of the molecule is O=C(NCCc1ccc(C(F)(F)F)cc1)c1ccoc1. The van der Waals surface area contributed by atoms with E-state index in [1.807, 2.05) is 0 Å². The first-order valence-electron chi connectivity index (χ1n) is 5.93. The second-order valence-electron chi connectivity index (χ2n) is 4.21. The maximum absolute atomic E-state index is 12.4. The van der Waals surface area contributed by atoms with Crippen molar-refractivity contribution in [1.82, 2.24) is 5.32 Å². The van der Waals surface area contributed by atoms with Gasteiger partial charge in [-0.15, -0.1) is 0 Å². The van der Waals surface area contributed by atoms with Crippen LogP contribution in [0, 0.1) is 0 Å². The van der Waals surface area contributed by atoms with Crippen LogP contribution in [0.25, 0.3) is 0 Å². The van der Waals surface area contributed by atoms with Gasteiger partial charge in [-0.2, -0.15) is 13.2 Å². The lowest BCUT2D eigenvalue weighted by Crippen LogP contribution is -2.25. The molecule has 2 rings (SSSR count). The maximum Gasteiger partial charge on any atom is 0.416 e. The third-order valence-corrected chi connectivity index (χ3v) is 2.76. The third kappa shape index (κ3) is 3.63. The molecule has 0 saturated heterocycles. The Morgan fingerprint density at radius 1 is 1.15 bits per heavy atom. The number of benzene rings is 1. The minimum Gasteiger partial charge on any atom is -0.472 e. The average molecular weight is 283 g/mol. The summed E-state index contributed by atoms with van der Waals surface area (Å²) in [5, 5.41) is 2.66. The van der Waals surface area contributed by atoms with E-state index in [2.05, 4.69) is 5.32 Å². The van der Waals surface area contributed by atoms with Gasteiger partial charge in [-0.1, -0.05) is 12.1 Å². The van der Waals surface area contributed by atoms with E-state index >= 15 is 0 Å². The summed E-state index contributed by atoms with van der Waals surface area (Å²) in [5.74, 6) is -0.273. The topological polar surface area (TPSA) is 42.2 Å². The second kappa shape index (κ2) is 5.81. The number of amides is 1. The van der Waals surface area contributed by atoms with Crippen molar-refractivity contribution in [3.05, 3.63) is 59.5 Å². The first kappa shape index (κ1) is 14.2. The summed E-state index contributed by atoms with van der Waals surface area (Å²) in [6.07, 6.45) is -1.14. The summed E-state index contributed by atoms with van der Waals surface area (Å²) < 4.78 is 41.9. The van der Waals surface area contributed by atoms with Crippen molar-refractivity contribution >= 4 is 5.91 Å². The van der Waals surface area contributed by atoms with Crippen molar-refractivity contribution < 1.29 is 22.4 Å². The first-order valence-corrected chi connectivity index (χ1v) is 5.93. The van der Waals surface area contributed by atoms with E-state index in [4.69, 9.17) is 4.42 Å². The van der Waals surface area contributed by atoms with E-state index < -0.39 is 11.7 Å². The number of furan rings is 1. The Balaban J connectivity index is 1.84. The third-order valence-electron chi connectivity index (χ3n) is 2.76. The summed E-state index contributed by atoms with van der Waals surface area (Å²) in [7, 11) is 0. The molecule has 1 amide bonds. The summed E-state index contributed by atoms with van der Waals surface area (Å²) in [4.78, 5) is 11.6. The Morgan fingerprint density at radius 2 is 1.85 bits per heavy atom. The van der Waals surface area contributed by atoms with Gasteiger partial charge >= 0.3 is 6.18 Å². The number of alkyl halides is 3. The van der Waals surface area contributed by atoms with Crippen LogP contribution in [0.5, 0.6) is 0 Å². The van der Waals surface area contributed by atoms with Gasteiger partial charge in [-0.3, -0.25) is 4.79 Å². The fourth-order valence-electron chi connectivity index (χ4n) is 1.68. The Morgan fingerprint density at radius 3 is 2.40 bits per heavy atom. The molecule has 3 nitrogen and oxygen atoms in total. The largest absolute Gasteiger partial charge is 0.472 e. The molecule has 106 valence electrons. The monoisotopic (exact) mass is 283 g/mol. The fourth-order valence-corrected chi connectivity index (χ4v) is 1.68. The highest BCUT2D eigenvalue weighted by Crippen LogP contribution is 2.29. The van der Waals surface area contributed by atoms with Gasteiger partial charge < -0.3 is 9.73 Å². The van der Waals surface area contributed by atoms with Crippen LogP contribution in [0.15, 0.2) is 47.3 Å². The Bertz CT molecular complexity index is 559. The number of carbonyl (C=O) groups excluding carboxylic acids is 1. The number of carbonyl (C=O) groups is 1. The van der Waals surface area contributed by atoms with Crippen molar-refractivity contribution in [2.45, 2.75) is 12.6 Å². The Hall–Kier alpha value is -2.24. The summed E-state index contributed by atoms with van der Waals surface area (Å²) in [6, 6.07) is 6.42. The molecule has 0 unspecified atom stereocenters. The van der Waals surface area contributed by atoms with Crippen LogP contribution in [-0.2, 0) is 12.6 Å². The van der Waals surface area contributed by atoms with Crippen LogP contribution >= 0.6 is 0 Å². The molecule has 1 aromatic carbocycles. The zero-order valence-corrected chi connectivity index (χ0v) is 10.4. The molecule has 20 heavy (non-hydrogen) atoms. The van der Waals surface area contributed by atoms with E-state index in [1.165, 1.54) is 30.7 Å². The highest BCUT2D eigenvalue weighted by atomic mass is 19.4. The van der Waals surface area contributed by atoms with Gasteiger partial charge in [0, 0.05) is 6.54 Å². The van der Waals surface area contributed by atoms with Crippen molar-refractivity contribution in [3.8, 4) is 0 Å². The van der Waals surface area contributed by atoms with Crippen LogP contribution in [0.1, 0.15) is 21.5 Å². The van der Waals surface area contributed by atoms with Gasteiger partial charge in [0.1, 0.15) is 6.26 Å². The maximum atomic E-state index is 12.4. The van der Waals surface area contributed by atoms with Crippen molar-refractivity contribution in [2.75, 3.05) is 6.54 Å². The van der Waals surface area contributed by atoms with Gasteiger partial charge in [-0.25, -0.2) is 0 Å². The highest BCUT2D eigenvalue weighted by molar-refractivity contribution is 5.93. The van der Waals surface area contributed by atoms with Gasteiger partial charge in [-0.05, 0) is 30.2 Å². The van der Waals surface area contributed by atoms with Crippen LogP contribution in [-0.4, -0.2) is 12.5 Å². The summed E-state index contributed by atoms with van der Waals surface area (Å²) in [5.41, 5.74) is 0.464. The van der Waals surface area contributed by atoms with E-state index in [0.29, 0.717) is 18.5 Å². The van der Waals surface area contributed by atoms with Crippen molar-refractivity contribution in [2.24, 2.45) is 0 Å². The molecule has 0 bridgehead atoms. The number of halogens is 3. The number of nitrogens with one attached hydrogen (secondary N) is 1. The number of rotatable bonds is 4. The summed E-state index contributed by atoms with van der Waals surface area (Å²) >= 11 is 0. The predicted octanol–water partition coefficient (Wildman–Crippen LogP) is 3.27. The van der Waals surface area contributed by atoms with Gasteiger partial charge in [0.05, 0.1) is 17.4 Å². The fraction of sp³-hybridized carbons (Fsp3) is 0.214. The second-order valence-corrected chi connectivity index (χ2v) is 4.21. The average Bonchev–Trinajstić information content (AvgIpc) is 2.92. The lowest BCUT2D eigenvalue weighted by Gasteiger charge is -2.08. The molecule has 0 saturated carbocycles. The normalized spacial score (nSPS) is 11.3. The zero-order chi connectivity index (χ0) is 14.6. The standard InChI is InChI=1S/C14H12F3NO2/c15-14(16,17)12-3-1-10(2-4-12)5-7-18-13(19)11-6-8-20-9-11/h1-4,6,8-9H,5,7H2,(H,18,19). The summed E-state index contributed by atoms with van der Waals surface area (Å²) in [6.45, 7) is 0.343. The molecule has 1 aromatic heterocycles. The van der Waals surface area contributed by atoms with Crippen molar-refractivity contribution in [1.29, 1.82) is 0 Å². The lowest BCUT2D eigenvalue weighted by atomic mass is 10.1. The molecule has 1 N–H and O–H groups in total. The Kier molecular flexibility index (Phi) is 4.12. The molecule has 0 fully saturated rings. The van der Waals surface area contributed by atoms with Crippen LogP contribution in [0.2, 0.25) is 0 Å². The predicted molar refractivity (Wildman–Crippen MR) is 66.2 cm³/mol. The molecule has 1 heterocycles. The number of hydrogen-bond donors (Lipinski definition) is 1. The Labute approximate surface area is 113 Å². The molecular weight excluding hydrogens is 271 g/mol. The molecule has 0 aliphatic heterocycles. The molecule has 0 radical (unpaired) electrons. The van der Waals surface area contributed by atoms with E-state index in [9.17, 15) is 18.0 Å². The van der Waals surface area contributed by atoms with Gasteiger partial charge in [0.25, 0.3) is 5.91 Å². The molecular formula is C14H12F3NO2. The minimum atomic E-state index is -4.33. The molecule has 0 aliphatic rings. The number of hydrogen-bond acceptors (Lipinski definition) is 2. The first-order chi connectivity index (χ1) is 9.47. The molecule has 6 heteroatoms. The van der Waals surface area contributed by atoms with E-state index in [0.717, 1.165) is 17.7 Å². The van der Waals surface area contributed by atoms with E-state index in [1.54, 1.807) is 0 Å². The van der Waals surface area contributed by atoms with Gasteiger partial charge in [0.2, 0.25) is 0 Å². The van der Waals surface area contributed by atoms with Crippen LogP contribution in [0.4, 0.5) is 13.2 Å². The van der Waals surface area contributed by atoms with Crippen molar-refractivity contribution in [3.63, 3.8) is 0 Å². The van der Waals surface area contributed by atoms with Crippen LogP contribution < -0.4 is 5.32 Å². The lowest BCUT2D eigenvalue weighted by molar-refractivity contribution is -0.137. The van der Waals surface area contributed by atoms with E-state index in [-0.39, 0.29) is 5.91 Å². The zero-order valence-electron chi connectivity index (χ0n) is 10.4. The molecule has 0 spiro atoms. The molecule has 2 aromatic rings. The van der Waals surface area contributed by atoms with Crippen LogP contribution in [0.3, 0.4) is 0 Å². The highest BCUT2D eigenvalue weighted by Gasteiger charge is 2.29. The minimum absolute atomic E-state index is 0.273. The quantitative estimate of drug-likeness (QED) is 0.935. The smallest absolute Gasteiger partial charge is 0.416 e. The molecule has 0 aliphatic carbocycles.